The molecule has 1 aliphatic carbocycles. The first-order valence-electron chi connectivity index (χ1n) is 5.86. The van der Waals surface area contributed by atoms with Gasteiger partial charge in [0, 0.05) is 17.8 Å². The van der Waals surface area contributed by atoms with E-state index in [1.807, 2.05) is 25.2 Å². The van der Waals surface area contributed by atoms with Crippen LogP contribution in [0.5, 0.6) is 0 Å². The Morgan fingerprint density at radius 3 is 2.89 bits per heavy atom. The molecule has 0 saturated heterocycles. The second-order valence-electron chi connectivity index (χ2n) is 5.00. The van der Waals surface area contributed by atoms with Crippen molar-refractivity contribution in [3.63, 3.8) is 0 Å². The number of fused-ring (bicyclic) bond motifs is 1. The lowest BCUT2D eigenvalue weighted by molar-refractivity contribution is -0.137. The highest BCUT2D eigenvalue weighted by Gasteiger charge is 2.46. The van der Waals surface area contributed by atoms with Crippen LogP contribution in [-0.4, -0.2) is 20.9 Å². The molecule has 1 aromatic heterocycles. The van der Waals surface area contributed by atoms with Crippen molar-refractivity contribution in [3.8, 4) is 0 Å². The van der Waals surface area contributed by atoms with Gasteiger partial charge >= 0.3 is 5.97 Å². The Kier molecular flexibility index (Phi) is 2.38. The third-order valence-electron chi connectivity index (χ3n) is 3.76. The molecule has 1 saturated carbocycles. The van der Waals surface area contributed by atoms with Crippen LogP contribution in [0, 0.1) is 0 Å². The molecule has 0 spiro atoms. The van der Waals surface area contributed by atoms with Crippen molar-refractivity contribution in [1.82, 2.24) is 9.78 Å². The van der Waals surface area contributed by atoms with E-state index in [-0.39, 0.29) is 11.8 Å². The Morgan fingerprint density at radius 2 is 2.28 bits per heavy atom. The fourth-order valence-corrected chi connectivity index (χ4v) is 2.82. The van der Waals surface area contributed by atoms with Crippen molar-refractivity contribution < 1.29 is 9.90 Å². The molecule has 1 aliphatic rings. The summed E-state index contributed by atoms with van der Waals surface area (Å²) in [5.41, 5.74) is 1.86. The maximum absolute atomic E-state index is 10.9. The molecule has 1 N–H and O–H groups in total. The monoisotopic (exact) mass is 264 g/mol. The van der Waals surface area contributed by atoms with Gasteiger partial charge in [-0.1, -0.05) is 17.7 Å². The highest BCUT2D eigenvalue weighted by Crippen LogP contribution is 2.51. The number of hydrogen-bond acceptors (Lipinski definition) is 2. The molecular weight excluding hydrogens is 252 g/mol. The molecule has 0 bridgehead atoms. The predicted octanol–water partition coefficient (Wildman–Crippen LogP) is 2.73. The first kappa shape index (κ1) is 11.5. The Bertz CT molecular complexity index is 644. The normalized spacial score (nSPS) is 17.0. The van der Waals surface area contributed by atoms with Crippen molar-refractivity contribution >= 4 is 28.5 Å². The molecule has 5 heteroatoms. The van der Waals surface area contributed by atoms with Gasteiger partial charge in [-0.3, -0.25) is 9.48 Å². The number of aliphatic carboxylic acids is 1. The van der Waals surface area contributed by atoms with Gasteiger partial charge in [-0.05, 0) is 30.5 Å². The molecule has 3 rings (SSSR count). The number of carbonyl (C=O) groups is 1. The van der Waals surface area contributed by atoms with E-state index in [2.05, 4.69) is 5.10 Å². The van der Waals surface area contributed by atoms with E-state index < -0.39 is 5.97 Å². The average Bonchev–Trinajstić information content (AvgIpc) is 3.02. The van der Waals surface area contributed by atoms with E-state index in [4.69, 9.17) is 16.7 Å². The number of halogens is 1. The van der Waals surface area contributed by atoms with Crippen molar-refractivity contribution in [2.24, 2.45) is 7.05 Å². The Balaban J connectivity index is 2.09. The van der Waals surface area contributed by atoms with E-state index >= 15 is 0 Å². The van der Waals surface area contributed by atoms with Crippen LogP contribution in [0.2, 0.25) is 5.15 Å². The van der Waals surface area contributed by atoms with Crippen LogP contribution >= 0.6 is 11.6 Å². The quantitative estimate of drug-likeness (QED) is 0.927. The first-order valence-corrected chi connectivity index (χ1v) is 6.24. The van der Waals surface area contributed by atoms with Crippen LogP contribution in [0.4, 0.5) is 0 Å². The van der Waals surface area contributed by atoms with E-state index in [9.17, 15) is 4.79 Å². The van der Waals surface area contributed by atoms with Crippen molar-refractivity contribution in [2.45, 2.75) is 24.7 Å². The minimum atomic E-state index is -0.740. The molecule has 18 heavy (non-hydrogen) atoms. The zero-order chi connectivity index (χ0) is 12.9. The molecule has 0 aliphatic heterocycles. The fraction of sp³-hybridized carbons (Fsp3) is 0.385. The van der Waals surface area contributed by atoms with Gasteiger partial charge in [0.1, 0.15) is 0 Å². The fourth-order valence-electron chi connectivity index (χ4n) is 2.55. The number of carboxylic acid groups (broad SMARTS) is 1. The van der Waals surface area contributed by atoms with Gasteiger partial charge < -0.3 is 5.11 Å². The third kappa shape index (κ3) is 1.68. The number of nitrogens with zero attached hydrogens (tertiary/aromatic N) is 2. The number of aryl methyl sites for hydroxylation is 1. The Hall–Kier alpha value is -1.55. The third-order valence-corrected chi connectivity index (χ3v) is 4.04. The van der Waals surface area contributed by atoms with Crippen molar-refractivity contribution in [3.05, 3.63) is 28.9 Å². The average molecular weight is 265 g/mol. The van der Waals surface area contributed by atoms with Crippen LogP contribution in [0.1, 0.15) is 24.8 Å². The SMILES string of the molecule is Cn1nc(Cl)c2ccc(C3(CC(=O)O)CC3)cc21. The number of hydrogen-bond donors (Lipinski definition) is 1. The maximum Gasteiger partial charge on any atom is 0.304 e. The van der Waals surface area contributed by atoms with Gasteiger partial charge in [-0.25, -0.2) is 0 Å². The second kappa shape index (κ2) is 3.72. The summed E-state index contributed by atoms with van der Waals surface area (Å²) >= 11 is 6.02. The van der Waals surface area contributed by atoms with Crippen LogP contribution in [0.3, 0.4) is 0 Å². The molecular formula is C13H13ClN2O2. The zero-order valence-corrected chi connectivity index (χ0v) is 10.7. The predicted molar refractivity (Wildman–Crippen MR) is 68.9 cm³/mol. The molecule has 0 amide bonds. The van der Waals surface area contributed by atoms with Crippen molar-refractivity contribution in [1.29, 1.82) is 0 Å². The van der Waals surface area contributed by atoms with E-state index in [1.54, 1.807) is 4.68 Å². The summed E-state index contributed by atoms with van der Waals surface area (Å²) < 4.78 is 1.73. The van der Waals surface area contributed by atoms with Gasteiger partial charge in [0.15, 0.2) is 5.15 Å². The molecule has 0 radical (unpaired) electrons. The van der Waals surface area contributed by atoms with Crippen LogP contribution < -0.4 is 0 Å². The molecule has 94 valence electrons. The summed E-state index contributed by atoms with van der Waals surface area (Å²) in [6, 6.07) is 5.93. The lowest BCUT2D eigenvalue weighted by Gasteiger charge is -2.13. The standard InChI is InChI=1S/C13H13ClN2O2/c1-16-10-6-8(2-3-9(10)12(14)15-16)13(4-5-13)7-11(17)18/h2-3,6H,4-5,7H2,1H3,(H,17,18). The summed E-state index contributed by atoms with van der Waals surface area (Å²) in [6.07, 6.45) is 2.08. The summed E-state index contributed by atoms with van der Waals surface area (Å²) in [7, 11) is 1.84. The lowest BCUT2D eigenvalue weighted by Crippen LogP contribution is -2.12. The molecule has 2 aromatic rings. The largest absolute Gasteiger partial charge is 0.481 e. The maximum atomic E-state index is 10.9. The minimum absolute atomic E-state index is 0.170. The molecule has 0 atom stereocenters. The van der Waals surface area contributed by atoms with E-state index in [1.165, 1.54) is 0 Å². The van der Waals surface area contributed by atoms with Crippen LogP contribution in [-0.2, 0) is 17.3 Å². The highest BCUT2D eigenvalue weighted by molar-refractivity contribution is 6.34. The van der Waals surface area contributed by atoms with Gasteiger partial charge in [0.05, 0.1) is 11.9 Å². The van der Waals surface area contributed by atoms with E-state index in [0.29, 0.717) is 5.15 Å². The van der Waals surface area contributed by atoms with Crippen LogP contribution in [0.15, 0.2) is 18.2 Å². The summed E-state index contributed by atoms with van der Waals surface area (Å²) in [6.45, 7) is 0. The molecule has 4 nitrogen and oxygen atoms in total. The Morgan fingerprint density at radius 1 is 1.56 bits per heavy atom. The lowest BCUT2D eigenvalue weighted by atomic mass is 9.92. The highest BCUT2D eigenvalue weighted by atomic mass is 35.5. The van der Waals surface area contributed by atoms with Crippen LogP contribution in [0.25, 0.3) is 10.9 Å². The minimum Gasteiger partial charge on any atom is -0.481 e. The molecule has 0 unspecified atom stereocenters. The Labute approximate surface area is 109 Å². The summed E-state index contributed by atoms with van der Waals surface area (Å²) in [4.78, 5) is 10.9. The summed E-state index contributed by atoms with van der Waals surface area (Å²) in [5, 5.41) is 14.5. The second-order valence-corrected chi connectivity index (χ2v) is 5.36. The number of benzene rings is 1. The molecule has 1 aromatic carbocycles. The number of carboxylic acids is 1. The zero-order valence-electron chi connectivity index (χ0n) is 9.98. The number of rotatable bonds is 3. The first-order chi connectivity index (χ1) is 8.52. The molecule has 1 fully saturated rings. The summed E-state index contributed by atoms with van der Waals surface area (Å²) in [5.74, 6) is -0.740. The topological polar surface area (TPSA) is 55.1 Å². The van der Waals surface area contributed by atoms with E-state index in [0.717, 1.165) is 29.3 Å². The van der Waals surface area contributed by atoms with Gasteiger partial charge in [0.2, 0.25) is 0 Å². The van der Waals surface area contributed by atoms with Crippen molar-refractivity contribution in [2.75, 3.05) is 0 Å². The van der Waals surface area contributed by atoms with Gasteiger partial charge in [-0.15, -0.1) is 0 Å². The van der Waals surface area contributed by atoms with Gasteiger partial charge in [0.25, 0.3) is 0 Å². The smallest absolute Gasteiger partial charge is 0.304 e. The van der Waals surface area contributed by atoms with Gasteiger partial charge in [-0.2, -0.15) is 5.10 Å². The molecule has 1 heterocycles. The number of aromatic nitrogens is 2.